The fraction of sp³-hybridized carbons (Fsp3) is 0.294. The zero-order valence-corrected chi connectivity index (χ0v) is 15.5. The Labute approximate surface area is 155 Å². The molecule has 0 spiro atoms. The molecule has 5 nitrogen and oxygen atoms in total. The molecule has 2 aromatic rings. The normalized spacial score (nSPS) is 10.8. The van der Waals surface area contributed by atoms with Gasteiger partial charge in [0.1, 0.15) is 5.75 Å². The van der Waals surface area contributed by atoms with E-state index in [0.717, 1.165) is 16.9 Å². The van der Waals surface area contributed by atoms with Crippen LogP contribution in [0.4, 0.5) is 0 Å². The van der Waals surface area contributed by atoms with Crippen molar-refractivity contribution in [1.82, 2.24) is 15.6 Å². The molecule has 0 radical (unpaired) electrons. The van der Waals surface area contributed by atoms with Crippen LogP contribution in [-0.2, 0) is 0 Å². The van der Waals surface area contributed by atoms with Crippen LogP contribution in [0.3, 0.4) is 0 Å². The smallest absolute Gasteiger partial charge is 0.252 e. The molecule has 1 aromatic heterocycles. The predicted molar refractivity (Wildman–Crippen MR) is 102 cm³/mol. The molecule has 1 heterocycles. The van der Waals surface area contributed by atoms with Gasteiger partial charge < -0.3 is 15.4 Å². The van der Waals surface area contributed by atoms with E-state index in [-0.39, 0.29) is 36.8 Å². The largest absolute Gasteiger partial charge is 0.497 e. The van der Waals surface area contributed by atoms with Crippen molar-refractivity contribution in [3.8, 4) is 16.9 Å². The summed E-state index contributed by atoms with van der Waals surface area (Å²) in [4.78, 5) is 16.3. The summed E-state index contributed by atoms with van der Waals surface area (Å²) < 4.78 is 5.15. The first-order chi connectivity index (χ1) is 10.6. The summed E-state index contributed by atoms with van der Waals surface area (Å²) in [5.74, 6) is 0.677. The highest BCUT2D eigenvalue weighted by atomic mass is 35.5. The molecule has 1 aromatic carbocycles. The number of benzene rings is 1. The zero-order chi connectivity index (χ0) is 15.9. The third-order valence-electron chi connectivity index (χ3n) is 3.49. The highest BCUT2D eigenvalue weighted by Crippen LogP contribution is 2.22. The Kier molecular flexibility index (Phi) is 10.0. The van der Waals surface area contributed by atoms with Crippen LogP contribution >= 0.6 is 24.8 Å². The molecule has 1 amide bonds. The van der Waals surface area contributed by atoms with Crippen molar-refractivity contribution >= 4 is 30.7 Å². The number of hydrogen-bond donors (Lipinski definition) is 2. The molecule has 1 atom stereocenters. The van der Waals surface area contributed by atoms with Gasteiger partial charge in [-0.25, -0.2) is 0 Å². The van der Waals surface area contributed by atoms with E-state index in [1.165, 1.54) is 0 Å². The van der Waals surface area contributed by atoms with Crippen molar-refractivity contribution in [2.45, 2.75) is 13.0 Å². The number of ether oxygens (including phenoxy) is 1. The number of nitrogens with one attached hydrogen (secondary N) is 2. The second-order valence-electron chi connectivity index (χ2n) is 5.09. The lowest BCUT2D eigenvalue weighted by Crippen LogP contribution is -2.37. The molecular weight excluding hydrogens is 349 g/mol. The molecule has 0 fully saturated rings. The quantitative estimate of drug-likeness (QED) is 0.819. The Bertz CT molecular complexity index is 636. The van der Waals surface area contributed by atoms with Crippen LogP contribution in [0.5, 0.6) is 5.75 Å². The van der Waals surface area contributed by atoms with Gasteiger partial charge in [-0.15, -0.1) is 24.8 Å². The van der Waals surface area contributed by atoms with Crippen LogP contribution < -0.4 is 15.4 Å². The van der Waals surface area contributed by atoms with E-state index in [9.17, 15) is 4.79 Å². The van der Waals surface area contributed by atoms with Crippen LogP contribution in [0.25, 0.3) is 11.1 Å². The molecule has 0 aliphatic heterocycles. The second kappa shape index (κ2) is 10.9. The van der Waals surface area contributed by atoms with Crippen molar-refractivity contribution in [3.05, 3.63) is 48.3 Å². The molecule has 24 heavy (non-hydrogen) atoms. The van der Waals surface area contributed by atoms with Crippen molar-refractivity contribution < 1.29 is 9.53 Å². The van der Waals surface area contributed by atoms with E-state index in [4.69, 9.17) is 4.74 Å². The first kappa shape index (κ1) is 22.2. The van der Waals surface area contributed by atoms with Crippen LogP contribution in [0, 0.1) is 0 Å². The highest BCUT2D eigenvalue weighted by molar-refractivity contribution is 5.95. The van der Waals surface area contributed by atoms with Crippen molar-refractivity contribution in [3.63, 3.8) is 0 Å². The Balaban J connectivity index is 0.00000264. The molecule has 1 unspecified atom stereocenters. The van der Waals surface area contributed by atoms with E-state index >= 15 is 0 Å². The molecule has 2 rings (SSSR count). The molecule has 7 heteroatoms. The molecule has 0 aliphatic carbocycles. The average molecular weight is 372 g/mol. The zero-order valence-electron chi connectivity index (χ0n) is 13.9. The van der Waals surface area contributed by atoms with Crippen molar-refractivity contribution in [2.24, 2.45) is 0 Å². The number of carbonyl (C=O) groups is 1. The molecule has 0 saturated heterocycles. The van der Waals surface area contributed by atoms with Gasteiger partial charge in [0.25, 0.3) is 5.91 Å². The molecule has 0 bridgehead atoms. The van der Waals surface area contributed by atoms with Crippen molar-refractivity contribution in [2.75, 3.05) is 20.7 Å². The van der Waals surface area contributed by atoms with Crippen LogP contribution in [-0.4, -0.2) is 37.6 Å². The summed E-state index contributed by atoms with van der Waals surface area (Å²) in [6.07, 6.45) is 3.32. The lowest BCUT2D eigenvalue weighted by Gasteiger charge is -2.11. The molecule has 0 saturated carbocycles. The first-order valence-corrected chi connectivity index (χ1v) is 7.19. The van der Waals surface area contributed by atoms with Gasteiger partial charge in [0, 0.05) is 30.5 Å². The summed E-state index contributed by atoms with van der Waals surface area (Å²) >= 11 is 0. The van der Waals surface area contributed by atoms with E-state index in [0.29, 0.717) is 12.1 Å². The maximum atomic E-state index is 12.2. The predicted octanol–water partition coefficient (Wildman–Crippen LogP) is 2.94. The number of aromatic nitrogens is 1. The van der Waals surface area contributed by atoms with Crippen LogP contribution in [0.1, 0.15) is 17.3 Å². The van der Waals surface area contributed by atoms with Crippen LogP contribution in [0.2, 0.25) is 0 Å². The van der Waals surface area contributed by atoms with Gasteiger partial charge in [0.15, 0.2) is 0 Å². The lowest BCUT2D eigenvalue weighted by atomic mass is 10.1. The maximum absolute atomic E-state index is 12.2. The number of pyridine rings is 1. The van der Waals surface area contributed by atoms with E-state index in [1.54, 1.807) is 19.5 Å². The van der Waals surface area contributed by atoms with Gasteiger partial charge >= 0.3 is 0 Å². The molecule has 2 N–H and O–H groups in total. The maximum Gasteiger partial charge on any atom is 0.252 e. The lowest BCUT2D eigenvalue weighted by molar-refractivity contribution is 0.0950. The Morgan fingerprint density at radius 1 is 1.17 bits per heavy atom. The number of hydrogen-bond acceptors (Lipinski definition) is 4. The number of carbonyl (C=O) groups excluding carboxylic acids is 1. The number of nitrogens with zero attached hydrogens (tertiary/aromatic N) is 1. The fourth-order valence-corrected chi connectivity index (χ4v) is 1.96. The number of methoxy groups -OCH3 is 1. The Hall–Kier alpha value is -1.82. The molecule has 0 aliphatic rings. The summed E-state index contributed by atoms with van der Waals surface area (Å²) in [6, 6.07) is 9.73. The fourth-order valence-electron chi connectivity index (χ4n) is 1.96. The summed E-state index contributed by atoms with van der Waals surface area (Å²) in [5.41, 5.74) is 2.44. The first-order valence-electron chi connectivity index (χ1n) is 7.19. The number of rotatable bonds is 6. The molecular formula is C17H23Cl2N3O2. The standard InChI is InChI=1S/C17H21N3O2.2ClH/c1-12(18-2)9-20-17(21)15-8-14(10-19-11-15)13-4-6-16(22-3)7-5-13;;/h4-8,10-12,18H,9H2,1-3H3,(H,20,21);2*1H. The van der Waals surface area contributed by atoms with Crippen LogP contribution in [0.15, 0.2) is 42.7 Å². The monoisotopic (exact) mass is 371 g/mol. The number of amides is 1. The minimum Gasteiger partial charge on any atom is -0.497 e. The van der Waals surface area contributed by atoms with E-state index in [2.05, 4.69) is 15.6 Å². The van der Waals surface area contributed by atoms with Gasteiger partial charge in [0.05, 0.1) is 12.7 Å². The minimum atomic E-state index is -0.120. The summed E-state index contributed by atoms with van der Waals surface area (Å²) in [7, 11) is 3.50. The SMILES string of the molecule is CNC(C)CNC(=O)c1cncc(-c2ccc(OC)cc2)c1.Cl.Cl. The van der Waals surface area contributed by atoms with Crippen molar-refractivity contribution in [1.29, 1.82) is 0 Å². The van der Waals surface area contributed by atoms with Gasteiger partial charge in [-0.1, -0.05) is 12.1 Å². The van der Waals surface area contributed by atoms with Gasteiger partial charge in [-0.05, 0) is 37.7 Å². The highest BCUT2D eigenvalue weighted by Gasteiger charge is 2.09. The Morgan fingerprint density at radius 3 is 2.42 bits per heavy atom. The average Bonchev–Trinajstić information content (AvgIpc) is 2.59. The van der Waals surface area contributed by atoms with E-state index in [1.807, 2.05) is 44.3 Å². The molecule has 132 valence electrons. The Morgan fingerprint density at radius 2 is 1.83 bits per heavy atom. The van der Waals surface area contributed by atoms with Gasteiger partial charge in [0.2, 0.25) is 0 Å². The summed E-state index contributed by atoms with van der Waals surface area (Å²) in [5, 5.41) is 5.96. The van der Waals surface area contributed by atoms with Gasteiger partial charge in [-0.2, -0.15) is 0 Å². The third kappa shape index (κ3) is 6.00. The van der Waals surface area contributed by atoms with Gasteiger partial charge in [-0.3, -0.25) is 9.78 Å². The van der Waals surface area contributed by atoms with E-state index < -0.39 is 0 Å². The summed E-state index contributed by atoms with van der Waals surface area (Å²) in [6.45, 7) is 2.58. The second-order valence-corrected chi connectivity index (χ2v) is 5.09. The number of halogens is 2. The topological polar surface area (TPSA) is 63.2 Å². The third-order valence-corrected chi connectivity index (χ3v) is 3.49. The minimum absolute atomic E-state index is 0. The number of likely N-dealkylation sites (N-methyl/N-ethyl adjacent to an activating group) is 1.